The van der Waals surface area contributed by atoms with Gasteiger partial charge in [-0.1, -0.05) is 66.7 Å². The summed E-state index contributed by atoms with van der Waals surface area (Å²) in [6.45, 7) is 0. The molecule has 4 nitrogen and oxygen atoms in total. The first-order valence-electron chi connectivity index (χ1n) is 12.5. The van der Waals surface area contributed by atoms with Gasteiger partial charge >= 0.3 is 0 Å². The van der Waals surface area contributed by atoms with Crippen molar-refractivity contribution in [1.82, 2.24) is 18.7 Å². The zero-order valence-corrected chi connectivity index (χ0v) is 20.0. The van der Waals surface area contributed by atoms with Gasteiger partial charge in [-0.25, -0.2) is 4.98 Å². The Hall–Kier alpha value is -5.09. The minimum absolute atomic E-state index is 0.899. The highest BCUT2D eigenvalue weighted by Crippen LogP contribution is 2.34. The molecule has 0 aliphatic carbocycles. The fourth-order valence-electron chi connectivity index (χ4n) is 5.62. The molecule has 0 atom stereocenters. The largest absolute Gasteiger partial charge is 0.316 e. The molecule has 0 unspecified atom stereocenters. The molecule has 0 saturated heterocycles. The van der Waals surface area contributed by atoms with Gasteiger partial charge in [0.1, 0.15) is 11.6 Å². The second-order valence-electron chi connectivity index (χ2n) is 9.40. The third-order valence-electron chi connectivity index (χ3n) is 7.33. The lowest BCUT2D eigenvalue weighted by atomic mass is 10.1. The molecule has 4 aromatic heterocycles. The highest BCUT2D eigenvalue weighted by molar-refractivity contribution is 6.09. The number of para-hydroxylation sites is 3. The average Bonchev–Trinajstić information content (AvgIpc) is 3.66. The van der Waals surface area contributed by atoms with Gasteiger partial charge in [0.25, 0.3) is 0 Å². The van der Waals surface area contributed by atoms with E-state index in [-0.39, 0.29) is 0 Å². The van der Waals surface area contributed by atoms with Crippen LogP contribution in [0.4, 0.5) is 0 Å². The SMILES string of the molecule is c1cc(-n2ccc3ccccc32)nc(-n2c3ccccc3c3ccc(-n4ccc5ccccc54)cc32)c1. The van der Waals surface area contributed by atoms with Crippen LogP contribution in [0.3, 0.4) is 0 Å². The second-order valence-corrected chi connectivity index (χ2v) is 9.40. The van der Waals surface area contributed by atoms with E-state index in [1.165, 1.54) is 27.1 Å². The van der Waals surface area contributed by atoms with Crippen LogP contribution in [-0.2, 0) is 0 Å². The molecule has 37 heavy (non-hydrogen) atoms. The first-order valence-corrected chi connectivity index (χ1v) is 12.5. The number of fused-ring (bicyclic) bond motifs is 5. The lowest BCUT2D eigenvalue weighted by molar-refractivity contribution is 0.993. The van der Waals surface area contributed by atoms with Gasteiger partial charge in [-0.2, -0.15) is 0 Å². The van der Waals surface area contributed by atoms with Crippen molar-refractivity contribution in [1.29, 1.82) is 0 Å². The van der Waals surface area contributed by atoms with Crippen LogP contribution in [0.2, 0.25) is 0 Å². The van der Waals surface area contributed by atoms with Gasteiger partial charge in [0.15, 0.2) is 0 Å². The van der Waals surface area contributed by atoms with E-state index < -0.39 is 0 Å². The molecule has 0 N–H and O–H groups in total. The fourth-order valence-corrected chi connectivity index (χ4v) is 5.62. The molecule has 0 spiro atoms. The summed E-state index contributed by atoms with van der Waals surface area (Å²) in [4.78, 5) is 5.17. The van der Waals surface area contributed by atoms with Gasteiger partial charge in [-0.15, -0.1) is 0 Å². The summed E-state index contributed by atoms with van der Waals surface area (Å²) >= 11 is 0. The summed E-state index contributed by atoms with van der Waals surface area (Å²) in [5.74, 6) is 1.80. The van der Waals surface area contributed by atoms with Crippen LogP contribution in [0, 0.1) is 0 Å². The third kappa shape index (κ3) is 2.99. The van der Waals surface area contributed by atoms with E-state index in [2.05, 4.69) is 147 Å². The van der Waals surface area contributed by atoms with Crippen LogP contribution >= 0.6 is 0 Å². The molecule has 4 heterocycles. The Kier molecular flexibility index (Phi) is 4.19. The molecule has 0 aliphatic rings. The Bertz CT molecular complexity index is 2100. The van der Waals surface area contributed by atoms with Crippen molar-refractivity contribution >= 4 is 43.6 Å². The topological polar surface area (TPSA) is 27.7 Å². The first kappa shape index (κ1) is 20.1. The van der Waals surface area contributed by atoms with Crippen LogP contribution in [0.5, 0.6) is 0 Å². The van der Waals surface area contributed by atoms with E-state index in [9.17, 15) is 0 Å². The number of hydrogen-bond donors (Lipinski definition) is 0. The smallest absolute Gasteiger partial charge is 0.140 e. The van der Waals surface area contributed by atoms with Crippen LogP contribution in [0.15, 0.2) is 134 Å². The third-order valence-corrected chi connectivity index (χ3v) is 7.33. The van der Waals surface area contributed by atoms with Gasteiger partial charge in [-0.05, 0) is 65.4 Å². The second kappa shape index (κ2) is 7.70. The number of benzene rings is 4. The molecule has 8 rings (SSSR count). The highest BCUT2D eigenvalue weighted by Gasteiger charge is 2.15. The minimum atomic E-state index is 0.899. The number of pyridine rings is 1. The van der Waals surface area contributed by atoms with Gasteiger partial charge in [0.05, 0.1) is 22.1 Å². The van der Waals surface area contributed by atoms with Gasteiger partial charge < -0.3 is 9.13 Å². The Morgan fingerprint density at radius 2 is 1.05 bits per heavy atom. The Labute approximate surface area is 213 Å². The summed E-state index contributed by atoms with van der Waals surface area (Å²) in [7, 11) is 0. The van der Waals surface area contributed by atoms with Gasteiger partial charge in [-0.3, -0.25) is 4.57 Å². The Morgan fingerprint density at radius 3 is 1.86 bits per heavy atom. The fraction of sp³-hybridized carbons (Fsp3) is 0. The van der Waals surface area contributed by atoms with Crippen molar-refractivity contribution in [3.63, 3.8) is 0 Å². The molecule has 0 radical (unpaired) electrons. The monoisotopic (exact) mass is 474 g/mol. The molecule has 174 valence electrons. The lowest BCUT2D eigenvalue weighted by Crippen LogP contribution is -2.02. The molecule has 0 bridgehead atoms. The summed E-state index contributed by atoms with van der Waals surface area (Å²) in [6, 6.07) is 42.8. The van der Waals surface area contributed by atoms with Gasteiger partial charge in [0, 0.05) is 28.9 Å². The zero-order chi connectivity index (χ0) is 24.3. The van der Waals surface area contributed by atoms with Crippen LogP contribution < -0.4 is 0 Å². The summed E-state index contributed by atoms with van der Waals surface area (Å²) in [5.41, 5.74) is 5.76. The quantitative estimate of drug-likeness (QED) is 0.254. The van der Waals surface area contributed by atoms with Crippen molar-refractivity contribution < 1.29 is 0 Å². The van der Waals surface area contributed by atoms with E-state index in [0.717, 1.165) is 33.9 Å². The normalized spacial score (nSPS) is 11.8. The van der Waals surface area contributed by atoms with E-state index in [0.29, 0.717) is 0 Å². The Morgan fingerprint density at radius 1 is 0.432 bits per heavy atom. The molecule has 0 saturated carbocycles. The van der Waals surface area contributed by atoms with Crippen molar-refractivity contribution in [2.24, 2.45) is 0 Å². The van der Waals surface area contributed by atoms with E-state index >= 15 is 0 Å². The van der Waals surface area contributed by atoms with E-state index in [1.54, 1.807) is 0 Å². The van der Waals surface area contributed by atoms with Crippen LogP contribution in [0.25, 0.3) is 60.9 Å². The predicted molar refractivity (Wildman–Crippen MR) is 152 cm³/mol. The Balaban J connectivity index is 1.38. The summed E-state index contributed by atoms with van der Waals surface area (Å²) in [5, 5.41) is 4.88. The highest BCUT2D eigenvalue weighted by atomic mass is 15.1. The molecular formula is C33H22N4. The summed E-state index contributed by atoms with van der Waals surface area (Å²) in [6.07, 6.45) is 4.24. The number of rotatable bonds is 3. The lowest BCUT2D eigenvalue weighted by Gasteiger charge is -2.11. The maximum absolute atomic E-state index is 5.17. The van der Waals surface area contributed by atoms with Gasteiger partial charge in [0.2, 0.25) is 0 Å². The molecule has 0 amide bonds. The van der Waals surface area contributed by atoms with E-state index in [4.69, 9.17) is 4.98 Å². The van der Waals surface area contributed by atoms with Crippen molar-refractivity contribution in [2.45, 2.75) is 0 Å². The van der Waals surface area contributed by atoms with Crippen molar-refractivity contribution in [2.75, 3.05) is 0 Å². The standard InChI is InChI=1S/C33H22N4/c1-4-11-28-23(8-1)18-20-35(28)25-16-17-27-26-10-3-6-13-30(26)37(31(27)22-25)33-15-7-14-32(34-33)36-21-19-24-9-2-5-12-29(24)36/h1-22H. The number of hydrogen-bond acceptors (Lipinski definition) is 1. The van der Waals surface area contributed by atoms with Crippen LogP contribution in [0.1, 0.15) is 0 Å². The van der Waals surface area contributed by atoms with E-state index in [1.807, 2.05) is 0 Å². The number of nitrogens with zero attached hydrogens (tertiary/aromatic N) is 4. The molecule has 0 fully saturated rings. The molecular weight excluding hydrogens is 452 g/mol. The molecule has 0 aliphatic heterocycles. The average molecular weight is 475 g/mol. The van der Waals surface area contributed by atoms with Crippen molar-refractivity contribution in [3.05, 3.63) is 134 Å². The molecule has 4 aromatic carbocycles. The maximum Gasteiger partial charge on any atom is 0.140 e. The maximum atomic E-state index is 5.17. The molecule has 8 aromatic rings. The minimum Gasteiger partial charge on any atom is -0.316 e. The molecule has 4 heteroatoms. The van der Waals surface area contributed by atoms with Crippen molar-refractivity contribution in [3.8, 4) is 17.3 Å². The zero-order valence-electron chi connectivity index (χ0n) is 20.0. The predicted octanol–water partition coefficient (Wildman–Crippen LogP) is 8.07. The van der Waals surface area contributed by atoms with Crippen LogP contribution in [-0.4, -0.2) is 18.7 Å². The summed E-state index contributed by atoms with van der Waals surface area (Å²) < 4.78 is 6.70. The first-order chi connectivity index (χ1) is 18.3. The number of aromatic nitrogens is 4.